The second-order valence-electron chi connectivity index (χ2n) is 7.52. The van der Waals surface area contributed by atoms with Crippen LogP contribution in [-0.4, -0.2) is 62.4 Å². The van der Waals surface area contributed by atoms with Crippen LogP contribution < -0.4 is 5.32 Å². The molecule has 3 heterocycles. The van der Waals surface area contributed by atoms with E-state index in [2.05, 4.69) is 10.2 Å². The lowest BCUT2D eigenvalue weighted by Gasteiger charge is -2.48. The Bertz CT molecular complexity index is 382. The number of methoxy groups -OCH3 is 1. The molecule has 0 bridgehead atoms. The SMILES string of the molecule is COC(=O)CCC1CCN(C2CCOC3(CCNCC3)C2)CC1. The summed E-state index contributed by atoms with van der Waals surface area (Å²) in [6.45, 7) is 5.49. The Kier molecular flexibility index (Phi) is 5.94. The Morgan fingerprint density at radius 3 is 2.70 bits per heavy atom. The fourth-order valence-electron chi connectivity index (χ4n) is 4.58. The number of ether oxygens (including phenoxy) is 2. The number of likely N-dealkylation sites (tertiary alicyclic amines) is 1. The Morgan fingerprint density at radius 2 is 2.00 bits per heavy atom. The van der Waals surface area contributed by atoms with Gasteiger partial charge in [0.25, 0.3) is 0 Å². The second-order valence-corrected chi connectivity index (χ2v) is 7.52. The van der Waals surface area contributed by atoms with Crippen LogP contribution in [0.5, 0.6) is 0 Å². The van der Waals surface area contributed by atoms with E-state index >= 15 is 0 Å². The van der Waals surface area contributed by atoms with Crippen molar-refractivity contribution in [3.05, 3.63) is 0 Å². The molecule has 1 atom stereocenters. The van der Waals surface area contributed by atoms with Gasteiger partial charge >= 0.3 is 5.97 Å². The molecule has 3 rings (SSSR count). The highest BCUT2D eigenvalue weighted by Crippen LogP contribution is 2.36. The first-order valence-corrected chi connectivity index (χ1v) is 9.36. The number of rotatable bonds is 4. The topological polar surface area (TPSA) is 50.8 Å². The van der Waals surface area contributed by atoms with Crippen molar-refractivity contribution in [3.8, 4) is 0 Å². The largest absolute Gasteiger partial charge is 0.469 e. The van der Waals surface area contributed by atoms with Crippen molar-refractivity contribution in [2.45, 2.75) is 63.0 Å². The molecule has 3 aliphatic rings. The zero-order valence-corrected chi connectivity index (χ0v) is 14.5. The van der Waals surface area contributed by atoms with Crippen molar-refractivity contribution < 1.29 is 14.3 Å². The highest BCUT2D eigenvalue weighted by molar-refractivity contribution is 5.69. The van der Waals surface area contributed by atoms with E-state index < -0.39 is 0 Å². The highest BCUT2D eigenvalue weighted by atomic mass is 16.5. The van der Waals surface area contributed by atoms with Crippen molar-refractivity contribution in [3.63, 3.8) is 0 Å². The van der Waals surface area contributed by atoms with Gasteiger partial charge in [-0.25, -0.2) is 0 Å². The smallest absolute Gasteiger partial charge is 0.305 e. The molecule has 3 saturated heterocycles. The second kappa shape index (κ2) is 7.95. The van der Waals surface area contributed by atoms with Crippen LogP contribution in [-0.2, 0) is 14.3 Å². The molecule has 0 radical (unpaired) electrons. The van der Waals surface area contributed by atoms with E-state index in [9.17, 15) is 4.79 Å². The average molecular weight is 324 g/mol. The molecule has 5 nitrogen and oxygen atoms in total. The molecule has 0 saturated carbocycles. The van der Waals surface area contributed by atoms with E-state index in [1.165, 1.54) is 58.7 Å². The number of nitrogens with one attached hydrogen (secondary N) is 1. The van der Waals surface area contributed by atoms with E-state index in [1.54, 1.807) is 0 Å². The van der Waals surface area contributed by atoms with Gasteiger partial charge in [-0.15, -0.1) is 0 Å². The molecule has 5 heteroatoms. The van der Waals surface area contributed by atoms with Gasteiger partial charge in [0.15, 0.2) is 0 Å². The standard InChI is InChI=1S/C18H32N2O3/c1-22-17(21)3-2-15-4-11-20(12-5-15)16-6-13-23-18(14-16)7-9-19-10-8-18/h15-16,19H,2-14H2,1H3. The number of nitrogens with zero attached hydrogens (tertiary/aromatic N) is 1. The van der Waals surface area contributed by atoms with E-state index in [0.717, 1.165) is 26.1 Å². The van der Waals surface area contributed by atoms with Gasteiger partial charge < -0.3 is 19.7 Å². The van der Waals surface area contributed by atoms with E-state index in [0.29, 0.717) is 18.4 Å². The summed E-state index contributed by atoms with van der Waals surface area (Å²) < 4.78 is 11.0. The van der Waals surface area contributed by atoms with Crippen LogP contribution in [0.3, 0.4) is 0 Å². The lowest BCUT2D eigenvalue weighted by molar-refractivity contribution is -0.141. The summed E-state index contributed by atoms with van der Waals surface area (Å²) in [6.07, 6.45) is 8.74. The summed E-state index contributed by atoms with van der Waals surface area (Å²) in [5, 5.41) is 3.45. The normalized spacial score (nSPS) is 29.5. The average Bonchev–Trinajstić information content (AvgIpc) is 2.61. The van der Waals surface area contributed by atoms with Gasteiger partial charge in [0.1, 0.15) is 0 Å². The quantitative estimate of drug-likeness (QED) is 0.801. The molecule has 23 heavy (non-hydrogen) atoms. The molecule has 0 aromatic rings. The summed E-state index contributed by atoms with van der Waals surface area (Å²) in [7, 11) is 1.48. The molecule has 1 N–H and O–H groups in total. The molecular formula is C18H32N2O3. The Balaban J connectivity index is 1.45. The number of piperidine rings is 2. The first-order chi connectivity index (χ1) is 11.2. The predicted octanol–water partition coefficient (Wildman–Crippen LogP) is 1.95. The maximum Gasteiger partial charge on any atom is 0.305 e. The van der Waals surface area contributed by atoms with Crippen LogP contribution in [0, 0.1) is 5.92 Å². The minimum Gasteiger partial charge on any atom is -0.469 e. The first kappa shape index (κ1) is 17.2. The number of carbonyl (C=O) groups excluding carboxylic acids is 1. The Labute approximate surface area is 140 Å². The van der Waals surface area contributed by atoms with Crippen LogP contribution in [0.2, 0.25) is 0 Å². The van der Waals surface area contributed by atoms with E-state index in [4.69, 9.17) is 9.47 Å². The Morgan fingerprint density at radius 1 is 1.26 bits per heavy atom. The van der Waals surface area contributed by atoms with Gasteiger partial charge in [0, 0.05) is 19.1 Å². The highest BCUT2D eigenvalue weighted by Gasteiger charge is 2.40. The van der Waals surface area contributed by atoms with Gasteiger partial charge in [0.05, 0.1) is 12.7 Å². The first-order valence-electron chi connectivity index (χ1n) is 9.36. The lowest BCUT2D eigenvalue weighted by atomic mass is 9.81. The Hall–Kier alpha value is -0.650. The molecule has 0 aromatic carbocycles. The molecular weight excluding hydrogens is 292 g/mol. The molecule has 0 aromatic heterocycles. The zero-order chi connectivity index (χ0) is 16.1. The molecule has 132 valence electrons. The molecule has 1 unspecified atom stereocenters. The summed E-state index contributed by atoms with van der Waals surface area (Å²) in [5.41, 5.74) is 0.149. The van der Waals surface area contributed by atoms with Crippen molar-refractivity contribution in [2.75, 3.05) is 39.9 Å². The van der Waals surface area contributed by atoms with Crippen LogP contribution in [0.25, 0.3) is 0 Å². The number of hydrogen-bond donors (Lipinski definition) is 1. The monoisotopic (exact) mass is 324 g/mol. The minimum atomic E-state index is -0.0651. The zero-order valence-electron chi connectivity index (χ0n) is 14.5. The van der Waals surface area contributed by atoms with Crippen molar-refractivity contribution in [1.29, 1.82) is 0 Å². The van der Waals surface area contributed by atoms with Gasteiger partial charge in [0.2, 0.25) is 0 Å². The van der Waals surface area contributed by atoms with Crippen molar-refractivity contribution in [2.24, 2.45) is 5.92 Å². The molecule has 3 fully saturated rings. The van der Waals surface area contributed by atoms with E-state index in [-0.39, 0.29) is 11.6 Å². The lowest BCUT2D eigenvalue weighted by Crippen LogP contribution is -2.54. The summed E-state index contributed by atoms with van der Waals surface area (Å²) >= 11 is 0. The third-order valence-corrected chi connectivity index (χ3v) is 6.13. The fourth-order valence-corrected chi connectivity index (χ4v) is 4.58. The van der Waals surface area contributed by atoms with Crippen molar-refractivity contribution >= 4 is 5.97 Å². The number of hydrogen-bond acceptors (Lipinski definition) is 5. The number of esters is 1. The van der Waals surface area contributed by atoms with Gasteiger partial charge in [-0.1, -0.05) is 0 Å². The summed E-state index contributed by atoms with van der Waals surface area (Å²) in [5.74, 6) is 0.628. The van der Waals surface area contributed by atoms with Gasteiger partial charge in [-0.3, -0.25) is 4.79 Å². The van der Waals surface area contributed by atoms with E-state index in [1.807, 2.05) is 0 Å². The van der Waals surface area contributed by atoms with Crippen LogP contribution in [0.1, 0.15) is 51.4 Å². The molecule has 0 amide bonds. The fraction of sp³-hybridized carbons (Fsp3) is 0.944. The van der Waals surface area contributed by atoms with Gasteiger partial charge in [-0.05, 0) is 77.0 Å². The third-order valence-electron chi connectivity index (χ3n) is 6.13. The number of carbonyl (C=O) groups is 1. The molecule has 3 aliphatic heterocycles. The van der Waals surface area contributed by atoms with Crippen LogP contribution >= 0.6 is 0 Å². The minimum absolute atomic E-state index is 0.0651. The third kappa shape index (κ3) is 4.46. The molecule has 1 spiro atoms. The summed E-state index contributed by atoms with van der Waals surface area (Å²) in [4.78, 5) is 14.0. The maximum absolute atomic E-state index is 11.3. The predicted molar refractivity (Wildman–Crippen MR) is 89.4 cm³/mol. The van der Waals surface area contributed by atoms with Gasteiger partial charge in [-0.2, -0.15) is 0 Å². The van der Waals surface area contributed by atoms with Crippen molar-refractivity contribution in [1.82, 2.24) is 10.2 Å². The van der Waals surface area contributed by atoms with Crippen LogP contribution in [0.15, 0.2) is 0 Å². The maximum atomic E-state index is 11.3. The summed E-state index contributed by atoms with van der Waals surface area (Å²) in [6, 6.07) is 0.698. The van der Waals surface area contributed by atoms with Crippen LogP contribution in [0.4, 0.5) is 0 Å². The molecule has 0 aliphatic carbocycles.